The summed E-state index contributed by atoms with van der Waals surface area (Å²) in [5, 5.41) is 15.4. The Hall–Kier alpha value is -2.68. The summed E-state index contributed by atoms with van der Waals surface area (Å²) in [7, 11) is 1.60. The first-order chi connectivity index (χ1) is 12.0. The highest BCUT2D eigenvalue weighted by Gasteiger charge is 2.11. The molecule has 0 unspecified atom stereocenters. The average Bonchev–Trinajstić information content (AvgIpc) is 2.61. The Morgan fingerprint density at radius 2 is 1.96 bits per heavy atom. The highest BCUT2D eigenvalue weighted by Crippen LogP contribution is 2.25. The lowest BCUT2D eigenvalue weighted by Crippen LogP contribution is -2.16. The minimum atomic E-state index is -0.561. The number of hydrogen-bond donors (Lipinski definition) is 2. The first-order valence-corrected chi connectivity index (χ1v) is 8.02. The van der Waals surface area contributed by atoms with Gasteiger partial charge in [-0.25, -0.2) is 0 Å². The van der Waals surface area contributed by atoms with Gasteiger partial charge in [-0.05, 0) is 35.9 Å². The molecule has 0 aliphatic rings. The van der Waals surface area contributed by atoms with Crippen molar-refractivity contribution in [1.82, 2.24) is 5.32 Å². The van der Waals surface area contributed by atoms with Gasteiger partial charge in [0.05, 0.1) is 17.8 Å². The molecule has 0 radical (unpaired) electrons. The Morgan fingerprint density at radius 1 is 1.24 bits per heavy atom. The first kappa shape index (κ1) is 18.7. The molecule has 0 atom stereocenters. The summed E-state index contributed by atoms with van der Waals surface area (Å²) in [6.45, 7) is 0.462. The highest BCUT2D eigenvalue weighted by molar-refractivity contribution is 6.36. The molecule has 2 rings (SSSR count). The zero-order chi connectivity index (χ0) is 18.2. The van der Waals surface area contributed by atoms with Gasteiger partial charge in [-0.1, -0.05) is 35.3 Å². The SMILES string of the molecule is COc1ccc(CN/C=C(/C#N)C(=O)Nc2ccc(Cl)cc2Cl)cc1. The van der Waals surface area contributed by atoms with Gasteiger partial charge in [0.25, 0.3) is 5.91 Å². The second-order valence-electron chi connectivity index (χ2n) is 4.98. The zero-order valence-electron chi connectivity index (χ0n) is 13.3. The van der Waals surface area contributed by atoms with Gasteiger partial charge in [-0.3, -0.25) is 4.79 Å². The van der Waals surface area contributed by atoms with Gasteiger partial charge >= 0.3 is 0 Å². The van der Waals surface area contributed by atoms with Crippen molar-refractivity contribution in [2.24, 2.45) is 0 Å². The number of nitriles is 1. The standard InChI is InChI=1S/C18H15Cl2N3O2/c1-25-15-5-2-12(3-6-15)10-22-11-13(9-21)18(24)23-17-7-4-14(19)8-16(17)20/h2-8,11,22H,10H2,1H3,(H,23,24)/b13-11-. The lowest BCUT2D eigenvalue weighted by molar-refractivity contribution is -0.112. The fourth-order valence-corrected chi connectivity index (χ4v) is 2.40. The van der Waals surface area contributed by atoms with Crippen LogP contribution in [-0.4, -0.2) is 13.0 Å². The van der Waals surface area contributed by atoms with Crippen LogP contribution in [0.25, 0.3) is 0 Å². The molecular weight excluding hydrogens is 361 g/mol. The van der Waals surface area contributed by atoms with Crippen LogP contribution in [-0.2, 0) is 11.3 Å². The minimum absolute atomic E-state index is 0.0699. The second-order valence-corrected chi connectivity index (χ2v) is 5.82. The minimum Gasteiger partial charge on any atom is -0.497 e. The number of amides is 1. The fraction of sp³-hybridized carbons (Fsp3) is 0.111. The van der Waals surface area contributed by atoms with Gasteiger partial charge in [0.1, 0.15) is 17.4 Å². The van der Waals surface area contributed by atoms with E-state index in [1.807, 2.05) is 30.3 Å². The Balaban J connectivity index is 1.98. The van der Waals surface area contributed by atoms with E-state index < -0.39 is 5.91 Å². The van der Waals surface area contributed by atoms with Crippen molar-refractivity contribution in [3.05, 3.63) is 69.8 Å². The highest BCUT2D eigenvalue weighted by atomic mass is 35.5. The van der Waals surface area contributed by atoms with E-state index >= 15 is 0 Å². The van der Waals surface area contributed by atoms with E-state index in [1.54, 1.807) is 19.2 Å². The maximum Gasteiger partial charge on any atom is 0.267 e. The predicted octanol–water partition coefficient (Wildman–Crippen LogP) is 4.14. The van der Waals surface area contributed by atoms with Gasteiger partial charge in [0, 0.05) is 17.8 Å². The van der Waals surface area contributed by atoms with Gasteiger partial charge in [0.15, 0.2) is 0 Å². The lowest BCUT2D eigenvalue weighted by Gasteiger charge is -2.07. The van der Waals surface area contributed by atoms with Crippen LogP contribution in [0, 0.1) is 11.3 Å². The molecule has 128 valence electrons. The topological polar surface area (TPSA) is 74.1 Å². The molecular formula is C18H15Cl2N3O2. The van der Waals surface area contributed by atoms with Crippen molar-refractivity contribution in [2.45, 2.75) is 6.54 Å². The summed E-state index contributed by atoms with van der Waals surface area (Å²) in [6.07, 6.45) is 1.36. The van der Waals surface area contributed by atoms with Gasteiger partial charge < -0.3 is 15.4 Å². The summed E-state index contributed by atoms with van der Waals surface area (Å²) < 4.78 is 5.09. The third kappa shape index (κ3) is 5.42. The third-order valence-electron chi connectivity index (χ3n) is 3.26. The molecule has 0 saturated heterocycles. The van der Waals surface area contributed by atoms with E-state index in [2.05, 4.69) is 10.6 Å². The Labute approximate surface area is 155 Å². The van der Waals surface area contributed by atoms with Crippen LogP contribution in [0.4, 0.5) is 5.69 Å². The molecule has 25 heavy (non-hydrogen) atoms. The van der Waals surface area contributed by atoms with Crippen molar-refractivity contribution < 1.29 is 9.53 Å². The molecule has 2 N–H and O–H groups in total. The molecule has 1 amide bonds. The summed E-state index contributed by atoms with van der Waals surface area (Å²) in [5.74, 6) is 0.199. The number of methoxy groups -OCH3 is 1. The monoisotopic (exact) mass is 375 g/mol. The van der Waals surface area contributed by atoms with Crippen LogP contribution in [0.3, 0.4) is 0 Å². The Bertz CT molecular complexity index is 827. The predicted molar refractivity (Wildman–Crippen MR) is 98.6 cm³/mol. The molecule has 7 heteroatoms. The lowest BCUT2D eigenvalue weighted by atomic mass is 10.2. The number of hydrogen-bond acceptors (Lipinski definition) is 4. The van der Waals surface area contributed by atoms with Crippen molar-refractivity contribution >= 4 is 34.8 Å². The number of carbonyl (C=O) groups is 1. The summed E-state index contributed by atoms with van der Waals surface area (Å²) in [5.41, 5.74) is 1.29. The summed E-state index contributed by atoms with van der Waals surface area (Å²) in [4.78, 5) is 12.2. The largest absolute Gasteiger partial charge is 0.497 e. The molecule has 0 aliphatic carbocycles. The van der Waals surface area contributed by atoms with Crippen molar-refractivity contribution in [2.75, 3.05) is 12.4 Å². The Kier molecular flexibility index (Phi) is 6.70. The number of benzene rings is 2. The number of ether oxygens (including phenoxy) is 1. The van der Waals surface area contributed by atoms with Crippen molar-refractivity contribution in [1.29, 1.82) is 5.26 Å². The maximum absolute atomic E-state index is 12.2. The van der Waals surface area contributed by atoms with Gasteiger partial charge in [-0.15, -0.1) is 0 Å². The number of nitrogens with one attached hydrogen (secondary N) is 2. The number of nitrogens with zero attached hydrogens (tertiary/aromatic N) is 1. The Morgan fingerprint density at radius 3 is 2.56 bits per heavy atom. The third-order valence-corrected chi connectivity index (χ3v) is 3.80. The summed E-state index contributed by atoms with van der Waals surface area (Å²) in [6, 6.07) is 14.0. The van der Waals surface area contributed by atoms with Crippen LogP contribution >= 0.6 is 23.2 Å². The van der Waals surface area contributed by atoms with Crippen LogP contribution in [0.2, 0.25) is 10.0 Å². The van der Waals surface area contributed by atoms with E-state index in [1.165, 1.54) is 12.3 Å². The molecule has 2 aromatic rings. The van der Waals surface area contributed by atoms with Crippen molar-refractivity contribution in [3.8, 4) is 11.8 Å². The molecule has 0 aromatic heterocycles. The molecule has 5 nitrogen and oxygen atoms in total. The van der Waals surface area contributed by atoms with Crippen LogP contribution in [0.5, 0.6) is 5.75 Å². The average molecular weight is 376 g/mol. The van der Waals surface area contributed by atoms with E-state index in [-0.39, 0.29) is 5.57 Å². The zero-order valence-corrected chi connectivity index (χ0v) is 14.9. The quantitative estimate of drug-likeness (QED) is 0.587. The smallest absolute Gasteiger partial charge is 0.267 e. The number of anilines is 1. The normalized spacial score (nSPS) is 10.7. The number of rotatable bonds is 6. The molecule has 0 heterocycles. The molecule has 0 fully saturated rings. The molecule has 0 bridgehead atoms. The van der Waals surface area contributed by atoms with Gasteiger partial charge in [0.2, 0.25) is 0 Å². The first-order valence-electron chi connectivity index (χ1n) is 7.26. The number of carbonyl (C=O) groups excluding carboxylic acids is 1. The second kappa shape index (κ2) is 8.97. The van der Waals surface area contributed by atoms with Crippen LogP contribution in [0.15, 0.2) is 54.2 Å². The molecule has 2 aromatic carbocycles. The van der Waals surface area contributed by atoms with E-state index in [9.17, 15) is 4.79 Å². The summed E-state index contributed by atoms with van der Waals surface area (Å²) >= 11 is 11.8. The fourth-order valence-electron chi connectivity index (χ4n) is 1.94. The van der Waals surface area contributed by atoms with Crippen LogP contribution < -0.4 is 15.4 Å². The molecule has 0 aliphatic heterocycles. The van der Waals surface area contributed by atoms with E-state index in [4.69, 9.17) is 33.2 Å². The van der Waals surface area contributed by atoms with E-state index in [0.29, 0.717) is 22.3 Å². The number of halogens is 2. The molecule has 0 spiro atoms. The van der Waals surface area contributed by atoms with Crippen LogP contribution in [0.1, 0.15) is 5.56 Å². The van der Waals surface area contributed by atoms with E-state index in [0.717, 1.165) is 11.3 Å². The maximum atomic E-state index is 12.2. The van der Waals surface area contributed by atoms with Gasteiger partial charge in [-0.2, -0.15) is 5.26 Å². The van der Waals surface area contributed by atoms with Crippen molar-refractivity contribution in [3.63, 3.8) is 0 Å². The molecule has 0 saturated carbocycles.